The second-order valence-corrected chi connectivity index (χ2v) is 5.08. The molecule has 2 aliphatic carbocycles. The molecule has 0 radical (unpaired) electrons. The monoisotopic (exact) mass is 191 g/mol. The zero-order chi connectivity index (χ0) is 10.2. The average molecular weight is 191 g/mol. The molecule has 0 aromatic carbocycles. The largest absolute Gasteiger partial charge is 0.299 e. The van der Waals surface area contributed by atoms with Crippen LogP contribution in [0.2, 0.25) is 0 Å². The molecular formula is C12H17NO. The third kappa shape index (κ3) is 1.35. The van der Waals surface area contributed by atoms with Crippen LogP contribution in [0, 0.1) is 28.6 Å². The van der Waals surface area contributed by atoms with E-state index in [-0.39, 0.29) is 17.3 Å². The van der Waals surface area contributed by atoms with Gasteiger partial charge in [0.1, 0.15) is 5.78 Å². The molecule has 0 unspecified atom stereocenters. The predicted octanol–water partition coefficient (Wildman–Crippen LogP) is 2.69. The van der Waals surface area contributed by atoms with Gasteiger partial charge in [-0.15, -0.1) is 0 Å². The molecule has 0 bridgehead atoms. The van der Waals surface area contributed by atoms with Gasteiger partial charge in [0.25, 0.3) is 0 Å². The van der Waals surface area contributed by atoms with E-state index in [2.05, 4.69) is 13.0 Å². The molecule has 0 amide bonds. The first-order valence-electron chi connectivity index (χ1n) is 5.60. The van der Waals surface area contributed by atoms with Crippen LogP contribution in [0.1, 0.15) is 45.4 Å². The number of ketones is 1. The molecule has 0 spiro atoms. The molecule has 2 aliphatic rings. The third-order valence-corrected chi connectivity index (χ3v) is 4.10. The van der Waals surface area contributed by atoms with Crippen LogP contribution in [-0.2, 0) is 4.79 Å². The van der Waals surface area contributed by atoms with Crippen LogP contribution in [0.4, 0.5) is 0 Å². The van der Waals surface area contributed by atoms with Crippen LogP contribution >= 0.6 is 0 Å². The maximum Gasteiger partial charge on any atom is 0.137 e. The Labute approximate surface area is 85.3 Å². The minimum absolute atomic E-state index is 0.00144. The minimum Gasteiger partial charge on any atom is -0.299 e. The van der Waals surface area contributed by atoms with Crippen LogP contribution in [0.15, 0.2) is 0 Å². The molecule has 0 aliphatic heterocycles. The summed E-state index contributed by atoms with van der Waals surface area (Å²) in [5.74, 6) is 0.404. The molecule has 76 valence electrons. The van der Waals surface area contributed by atoms with Crippen LogP contribution < -0.4 is 0 Å². The van der Waals surface area contributed by atoms with Crippen molar-refractivity contribution >= 4 is 5.78 Å². The van der Waals surface area contributed by atoms with E-state index >= 15 is 0 Å². The number of fused-ring (bicyclic) bond motifs is 1. The summed E-state index contributed by atoms with van der Waals surface area (Å²) in [6, 6.07) is 2.34. The van der Waals surface area contributed by atoms with Crippen molar-refractivity contribution in [2.24, 2.45) is 17.3 Å². The third-order valence-electron chi connectivity index (χ3n) is 4.10. The fraction of sp³-hybridized carbons (Fsp3) is 0.833. The molecular weight excluding hydrogens is 174 g/mol. The van der Waals surface area contributed by atoms with E-state index in [1.165, 1.54) is 0 Å². The predicted molar refractivity (Wildman–Crippen MR) is 53.4 cm³/mol. The lowest BCUT2D eigenvalue weighted by Crippen LogP contribution is -2.44. The van der Waals surface area contributed by atoms with Gasteiger partial charge in [0, 0.05) is 12.3 Å². The highest BCUT2D eigenvalue weighted by Crippen LogP contribution is 2.50. The molecule has 0 N–H and O–H groups in total. The highest BCUT2D eigenvalue weighted by atomic mass is 16.1. The molecule has 0 heterocycles. The number of hydrogen-bond acceptors (Lipinski definition) is 2. The second kappa shape index (κ2) is 3.38. The SMILES string of the molecule is C[C@@]12CCCC(=O)[C@H]1[C@@H](C#N)CCC2. The van der Waals surface area contributed by atoms with Crippen molar-refractivity contribution in [3.63, 3.8) is 0 Å². The van der Waals surface area contributed by atoms with Gasteiger partial charge in [0.2, 0.25) is 0 Å². The van der Waals surface area contributed by atoms with Crippen molar-refractivity contribution in [2.45, 2.75) is 45.4 Å². The number of nitriles is 1. The quantitative estimate of drug-likeness (QED) is 0.590. The normalized spacial score (nSPS) is 42.7. The van der Waals surface area contributed by atoms with Gasteiger partial charge in [-0.2, -0.15) is 5.26 Å². The van der Waals surface area contributed by atoms with E-state index in [1.54, 1.807) is 0 Å². The Morgan fingerprint density at radius 3 is 2.86 bits per heavy atom. The smallest absolute Gasteiger partial charge is 0.137 e. The van der Waals surface area contributed by atoms with Gasteiger partial charge in [-0.3, -0.25) is 4.79 Å². The van der Waals surface area contributed by atoms with Crippen LogP contribution in [0.5, 0.6) is 0 Å². The maximum atomic E-state index is 11.9. The van der Waals surface area contributed by atoms with Crippen molar-refractivity contribution in [1.29, 1.82) is 5.26 Å². The van der Waals surface area contributed by atoms with Crippen molar-refractivity contribution in [3.8, 4) is 6.07 Å². The zero-order valence-electron chi connectivity index (χ0n) is 8.75. The van der Waals surface area contributed by atoms with E-state index < -0.39 is 0 Å². The first-order valence-corrected chi connectivity index (χ1v) is 5.60. The van der Waals surface area contributed by atoms with Gasteiger partial charge in [-0.05, 0) is 31.1 Å². The molecule has 2 rings (SSSR count). The van der Waals surface area contributed by atoms with E-state index in [0.29, 0.717) is 12.2 Å². The van der Waals surface area contributed by atoms with Gasteiger partial charge >= 0.3 is 0 Å². The van der Waals surface area contributed by atoms with Crippen molar-refractivity contribution in [1.82, 2.24) is 0 Å². The maximum absolute atomic E-state index is 11.9. The average Bonchev–Trinajstić information content (AvgIpc) is 2.16. The Balaban J connectivity index is 2.29. The zero-order valence-corrected chi connectivity index (χ0v) is 8.75. The highest BCUT2D eigenvalue weighted by Gasteiger charge is 2.47. The first kappa shape index (κ1) is 9.71. The Morgan fingerprint density at radius 2 is 2.14 bits per heavy atom. The second-order valence-electron chi connectivity index (χ2n) is 5.08. The molecule has 14 heavy (non-hydrogen) atoms. The minimum atomic E-state index is 0.00144. The summed E-state index contributed by atoms with van der Waals surface area (Å²) in [5, 5.41) is 9.06. The highest BCUT2D eigenvalue weighted by molar-refractivity contribution is 5.83. The van der Waals surface area contributed by atoms with E-state index in [4.69, 9.17) is 5.26 Å². The van der Waals surface area contributed by atoms with Crippen molar-refractivity contribution in [3.05, 3.63) is 0 Å². The Bertz CT molecular complexity index is 287. The van der Waals surface area contributed by atoms with Crippen LogP contribution in [-0.4, -0.2) is 5.78 Å². The van der Waals surface area contributed by atoms with Gasteiger partial charge < -0.3 is 0 Å². The molecule has 0 saturated heterocycles. The molecule has 0 aromatic heterocycles. The van der Waals surface area contributed by atoms with Crippen molar-refractivity contribution < 1.29 is 4.79 Å². The number of Topliss-reactive ketones (excluding diaryl/α,β-unsaturated/α-hetero) is 1. The van der Waals surface area contributed by atoms with Crippen molar-refractivity contribution in [2.75, 3.05) is 0 Å². The van der Waals surface area contributed by atoms with Gasteiger partial charge in [-0.25, -0.2) is 0 Å². The van der Waals surface area contributed by atoms with Gasteiger partial charge in [-0.1, -0.05) is 13.3 Å². The summed E-state index contributed by atoms with van der Waals surface area (Å²) in [7, 11) is 0. The Morgan fingerprint density at radius 1 is 1.43 bits per heavy atom. The summed E-state index contributed by atoms with van der Waals surface area (Å²) < 4.78 is 0. The molecule has 2 nitrogen and oxygen atoms in total. The molecule has 2 saturated carbocycles. The fourth-order valence-corrected chi connectivity index (χ4v) is 3.39. The summed E-state index contributed by atoms with van der Waals surface area (Å²) in [5.41, 5.74) is 0.147. The Kier molecular flexibility index (Phi) is 2.34. The Hall–Kier alpha value is -0.840. The number of hydrogen-bond donors (Lipinski definition) is 0. The first-order chi connectivity index (χ1) is 6.67. The molecule has 2 heteroatoms. The van der Waals surface area contributed by atoms with Crippen LogP contribution in [0.3, 0.4) is 0 Å². The number of carbonyl (C=O) groups excluding carboxylic acids is 1. The number of nitrogens with zero attached hydrogens (tertiary/aromatic N) is 1. The summed E-state index contributed by atoms with van der Waals surface area (Å²) >= 11 is 0. The standard InChI is InChI=1S/C12H17NO/c1-12-6-2-4-9(8-13)11(12)10(14)5-3-7-12/h9,11H,2-7H2,1H3/t9-,11-,12-/m1/s1. The summed E-state index contributed by atoms with van der Waals surface area (Å²) in [6.07, 6.45) is 6.08. The summed E-state index contributed by atoms with van der Waals surface area (Å²) in [6.45, 7) is 2.21. The van der Waals surface area contributed by atoms with E-state index in [9.17, 15) is 4.79 Å². The molecule has 3 atom stereocenters. The summed E-state index contributed by atoms with van der Waals surface area (Å²) in [4.78, 5) is 11.9. The van der Waals surface area contributed by atoms with Crippen LogP contribution in [0.25, 0.3) is 0 Å². The lowest BCUT2D eigenvalue weighted by atomic mass is 9.56. The van der Waals surface area contributed by atoms with Gasteiger partial charge in [0.15, 0.2) is 0 Å². The topological polar surface area (TPSA) is 40.9 Å². The van der Waals surface area contributed by atoms with Gasteiger partial charge in [0.05, 0.1) is 12.0 Å². The number of carbonyl (C=O) groups is 1. The lowest BCUT2D eigenvalue weighted by Gasteiger charge is -2.46. The molecule has 0 aromatic rings. The van der Waals surface area contributed by atoms with E-state index in [1.807, 2.05) is 0 Å². The molecule has 2 fully saturated rings. The lowest BCUT2D eigenvalue weighted by molar-refractivity contribution is -0.134. The van der Waals surface area contributed by atoms with E-state index in [0.717, 1.165) is 32.1 Å². The number of rotatable bonds is 0. The fourth-order valence-electron chi connectivity index (χ4n) is 3.39.